The van der Waals surface area contributed by atoms with Crippen molar-refractivity contribution >= 4 is 27.5 Å². The minimum absolute atomic E-state index is 0.0105. The normalized spacial score (nSPS) is 15.2. The van der Waals surface area contributed by atoms with Crippen molar-refractivity contribution < 1.29 is 14.3 Å². The molecule has 3 aromatic rings. The summed E-state index contributed by atoms with van der Waals surface area (Å²) in [5, 5.41) is 2.38. The molecule has 0 spiro atoms. The monoisotopic (exact) mass is 429 g/mol. The van der Waals surface area contributed by atoms with Gasteiger partial charge in [-0.1, -0.05) is 18.2 Å². The number of likely N-dealkylation sites (tertiary alicyclic amines) is 1. The van der Waals surface area contributed by atoms with E-state index < -0.39 is 11.8 Å². The van der Waals surface area contributed by atoms with Crippen molar-refractivity contribution in [1.29, 1.82) is 0 Å². The van der Waals surface area contributed by atoms with Crippen molar-refractivity contribution in [2.24, 2.45) is 0 Å². The first-order valence-corrected chi connectivity index (χ1v) is 10.5. The van der Waals surface area contributed by atoms with Gasteiger partial charge in [0.2, 0.25) is 5.91 Å². The smallest absolute Gasteiger partial charge is 0.329 e. The molecule has 2 aromatic heterocycles. The number of aromatic nitrogens is 2. The number of carbonyl (C=O) groups excluding carboxylic acids is 1. The van der Waals surface area contributed by atoms with Gasteiger partial charge < -0.3 is 14.4 Å². The third-order valence-electron chi connectivity index (χ3n) is 5.38. The summed E-state index contributed by atoms with van der Waals surface area (Å²) in [5.41, 5.74) is 0.782. The van der Waals surface area contributed by atoms with E-state index >= 15 is 0 Å². The van der Waals surface area contributed by atoms with Gasteiger partial charge in [-0.15, -0.1) is 11.3 Å². The van der Waals surface area contributed by atoms with Gasteiger partial charge in [0.25, 0.3) is 5.56 Å². The number of carbonyl (C=O) groups is 1. The summed E-state index contributed by atoms with van der Waals surface area (Å²) >= 11 is 1.36. The van der Waals surface area contributed by atoms with Crippen LogP contribution in [0.4, 0.5) is 0 Å². The van der Waals surface area contributed by atoms with Crippen LogP contribution in [0, 0.1) is 6.92 Å². The molecule has 3 heterocycles. The molecule has 1 amide bonds. The predicted octanol–water partition coefficient (Wildman–Crippen LogP) is 2.06. The van der Waals surface area contributed by atoms with Crippen molar-refractivity contribution in [3.8, 4) is 5.75 Å². The fourth-order valence-corrected chi connectivity index (χ4v) is 4.78. The third kappa shape index (κ3) is 3.66. The molecule has 1 unspecified atom stereocenters. The number of aryl methyl sites for hydroxylation is 1. The van der Waals surface area contributed by atoms with E-state index in [0.29, 0.717) is 29.1 Å². The first kappa shape index (κ1) is 20.4. The van der Waals surface area contributed by atoms with Crippen LogP contribution in [-0.2, 0) is 16.1 Å². The van der Waals surface area contributed by atoms with Crippen LogP contribution in [0.5, 0.6) is 5.75 Å². The van der Waals surface area contributed by atoms with E-state index in [9.17, 15) is 14.4 Å². The van der Waals surface area contributed by atoms with Gasteiger partial charge in [-0.3, -0.25) is 19.1 Å². The van der Waals surface area contributed by atoms with E-state index in [1.54, 1.807) is 16.6 Å². The average Bonchev–Trinajstić information content (AvgIpc) is 3.07. The topological polar surface area (TPSA) is 93.6 Å². The van der Waals surface area contributed by atoms with Gasteiger partial charge in [0.05, 0.1) is 25.1 Å². The standard InChI is InChI=1S/C21H23N3O5S/c1-12-11-30-20-18(12)19(26)22-21(27)24(20)10-17(15-6-4-5-7-16(15)28-3)29-14-8-23(9-14)13(2)25/h4-7,11,14,17H,8-10H2,1-3H3,(H,22,26,27). The van der Waals surface area contributed by atoms with E-state index in [1.807, 2.05) is 36.6 Å². The number of fused-ring (bicyclic) bond motifs is 1. The number of rotatable bonds is 6. The van der Waals surface area contributed by atoms with E-state index in [4.69, 9.17) is 9.47 Å². The highest BCUT2D eigenvalue weighted by atomic mass is 32.1. The lowest BCUT2D eigenvalue weighted by molar-refractivity contribution is -0.148. The fourth-order valence-electron chi connectivity index (χ4n) is 3.72. The first-order chi connectivity index (χ1) is 14.4. The molecule has 30 heavy (non-hydrogen) atoms. The maximum atomic E-state index is 12.7. The lowest BCUT2D eigenvalue weighted by Gasteiger charge is -2.40. The Morgan fingerprint density at radius 3 is 2.73 bits per heavy atom. The summed E-state index contributed by atoms with van der Waals surface area (Å²) < 4.78 is 13.4. The minimum Gasteiger partial charge on any atom is -0.496 e. The Morgan fingerprint density at radius 1 is 1.30 bits per heavy atom. The minimum atomic E-state index is -0.491. The predicted molar refractivity (Wildman–Crippen MR) is 114 cm³/mol. The van der Waals surface area contributed by atoms with Gasteiger partial charge in [-0.25, -0.2) is 4.79 Å². The molecular weight excluding hydrogens is 406 g/mol. The van der Waals surface area contributed by atoms with Crippen molar-refractivity contribution in [2.45, 2.75) is 32.6 Å². The zero-order valence-corrected chi connectivity index (χ0v) is 17.8. The van der Waals surface area contributed by atoms with Crippen LogP contribution in [-0.4, -0.2) is 46.7 Å². The molecule has 1 aliphatic heterocycles. The molecule has 158 valence electrons. The molecule has 0 saturated carbocycles. The van der Waals surface area contributed by atoms with Gasteiger partial charge in [0.15, 0.2) is 0 Å². The zero-order chi connectivity index (χ0) is 21.4. The van der Waals surface area contributed by atoms with Gasteiger partial charge in [0, 0.05) is 25.6 Å². The van der Waals surface area contributed by atoms with E-state index in [2.05, 4.69) is 4.98 Å². The van der Waals surface area contributed by atoms with E-state index in [0.717, 1.165) is 11.1 Å². The van der Waals surface area contributed by atoms with Crippen molar-refractivity contribution in [3.63, 3.8) is 0 Å². The zero-order valence-electron chi connectivity index (χ0n) is 17.0. The number of ether oxygens (including phenoxy) is 2. The summed E-state index contributed by atoms with van der Waals surface area (Å²) in [7, 11) is 1.59. The molecule has 9 heteroatoms. The number of benzene rings is 1. The van der Waals surface area contributed by atoms with Gasteiger partial charge in [-0.05, 0) is 23.9 Å². The maximum absolute atomic E-state index is 12.7. The Balaban J connectivity index is 1.72. The van der Waals surface area contributed by atoms with Crippen molar-refractivity contribution in [1.82, 2.24) is 14.5 Å². The number of amides is 1. The number of H-pyrrole nitrogens is 1. The van der Waals surface area contributed by atoms with Crippen molar-refractivity contribution in [3.05, 3.63) is 61.6 Å². The molecular formula is C21H23N3O5S. The number of nitrogens with one attached hydrogen (secondary N) is 1. The van der Waals surface area contributed by atoms with Crippen LogP contribution < -0.4 is 16.0 Å². The number of hydrogen-bond acceptors (Lipinski definition) is 6. The van der Waals surface area contributed by atoms with Crippen LogP contribution in [0.15, 0.2) is 39.2 Å². The second-order valence-corrected chi connectivity index (χ2v) is 8.24. The van der Waals surface area contributed by atoms with Crippen molar-refractivity contribution in [2.75, 3.05) is 20.2 Å². The SMILES string of the molecule is COc1ccccc1C(Cn1c(=O)[nH]c(=O)c2c(C)csc21)OC1CN(C(C)=O)C1. The van der Waals surface area contributed by atoms with Crippen LogP contribution >= 0.6 is 11.3 Å². The highest BCUT2D eigenvalue weighted by molar-refractivity contribution is 7.17. The van der Waals surface area contributed by atoms with Crippen LogP contribution in [0.25, 0.3) is 10.2 Å². The number of aromatic amines is 1. The molecule has 1 atom stereocenters. The summed E-state index contributed by atoms with van der Waals surface area (Å²) in [6.07, 6.45) is -0.627. The molecule has 0 bridgehead atoms. The summed E-state index contributed by atoms with van der Waals surface area (Å²) in [6, 6.07) is 7.50. The largest absolute Gasteiger partial charge is 0.496 e. The first-order valence-electron chi connectivity index (χ1n) is 9.63. The highest BCUT2D eigenvalue weighted by Gasteiger charge is 2.33. The number of hydrogen-bond donors (Lipinski definition) is 1. The van der Waals surface area contributed by atoms with Crippen LogP contribution in [0.3, 0.4) is 0 Å². The number of para-hydroxylation sites is 1. The quantitative estimate of drug-likeness (QED) is 0.647. The summed E-state index contributed by atoms with van der Waals surface area (Å²) in [5.74, 6) is 0.664. The lowest BCUT2D eigenvalue weighted by Crippen LogP contribution is -2.54. The van der Waals surface area contributed by atoms with Crippen LogP contribution in [0.1, 0.15) is 24.2 Å². The van der Waals surface area contributed by atoms with Gasteiger partial charge in [0.1, 0.15) is 16.7 Å². The molecule has 1 saturated heterocycles. The lowest BCUT2D eigenvalue weighted by atomic mass is 10.1. The molecule has 1 N–H and O–H groups in total. The third-order valence-corrected chi connectivity index (χ3v) is 6.50. The number of nitrogens with zero attached hydrogens (tertiary/aromatic N) is 2. The molecule has 1 fully saturated rings. The molecule has 8 nitrogen and oxygen atoms in total. The summed E-state index contributed by atoms with van der Waals surface area (Å²) in [6.45, 7) is 4.61. The average molecular weight is 429 g/mol. The Bertz CT molecular complexity index is 1210. The summed E-state index contributed by atoms with van der Waals surface area (Å²) in [4.78, 5) is 41.2. The fraction of sp³-hybridized carbons (Fsp3) is 0.381. The molecule has 4 rings (SSSR count). The molecule has 0 radical (unpaired) electrons. The number of methoxy groups -OCH3 is 1. The second-order valence-electron chi connectivity index (χ2n) is 7.38. The molecule has 1 aromatic carbocycles. The van der Waals surface area contributed by atoms with Gasteiger partial charge >= 0.3 is 5.69 Å². The maximum Gasteiger partial charge on any atom is 0.329 e. The Morgan fingerprint density at radius 2 is 2.03 bits per heavy atom. The van der Waals surface area contributed by atoms with E-state index in [-0.39, 0.29) is 24.1 Å². The molecule has 0 aliphatic carbocycles. The highest BCUT2D eigenvalue weighted by Crippen LogP contribution is 2.32. The van der Waals surface area contributed by atoms with Gasteiger partial charge in [-0.2, -0.15) is 0 Å². The Hall–Kier alpha value is -2.91. The van der Waals surface area contributed by atoms with Crippen LogP contribution in [0.2, 0.25) is 0 Å². The molecule has 1 aliphatic rings. The Labute approximate surface area is 176 Å². The second kappa shape index (κ2) is 8.08. The Kier molecular flexibility index (Phi) is 5.48. The number of thiophene rings is 1. The van der Waals surface area contributed by atoms with E-state index in [1.165, 1.54) is 18.3 Å².